The van der Waals surface area contributed by atoms with Gasteiger partial charge in [0.15, 0.2) is 28.8 Å². The maximum atomic E-state index is 12.6. The summed E-state index contributed by atoms with van der Waals surface area (Å²) in [5.41, 5.74) is -0.946. The topological polar surface area (TPSA) is 139 Å². The van der Waals surface area contributed by atoms with Crippen molar-refractivity contribution >= 4 is 11.0 Å². The Bertz CT molecular complexity index is 1100. The van der Waals surface area contributed by atoms with Crippen molar-refractivity contribution in [1.82, 2.24) is 0 Å². The molecule has 0 aliphatic heterocycles. The third-order valence-corrected chi connectivity index (χ3v) is 4.01. The van der Waals surface area contributed by atoms with E-state index in [4.69, 9.17) is 18.6 Å². The molecule has 0 spiro atoms. The molecule has 0 unspecified atom stereocenters. The van der Waals surface area contributed by atoms with Crippen LogP contribution in [0.15, 0.2) is 27.4 Å². The van der Waals surface area contributed by atoms with Gasteiger partial charge in [-0.3, -0.25) is 4.79 Å². The second-order valence-corrected chi connectivity index (χ2v) is 5.49. The molecule has 1 heterocycles. The minimum atomic E-state index is -0.920. The van der Waals surface area contributed by atoms with Gasteiger partial charge in [0.2, 0.25) is 22.7 Å². The lowest BCUT2D eigenvalue weighted by atomic mass is 10.1. The molecule has 9 nitrogen and oxygen atoms in total. The van der Waals surface area contributed by atoms with Crippen LogP contribution in [0.3, 0.4) is 0 Å². The van der Waals surface area contributed by atoms with E-state index in [1.54, 1.807) is 0 Å². The first-order valence-corrected chi connectivity index (χ1v) is 7.58. The predicted molar refractivity (Wildman–Crippen MR) is 94.2 cm³/mol. The molecule has 0 radical (unpaired) electrons. The van der Waals surface area contributed by atoms with E-state index >= 15 is 0 Å². The lowest BCUT2D eigenvalue weighted by molar-refractivity contribution is 0.334. The Morgan fingerprint density at radius 2 is 1.48 bits per heavy atom. The van der Waals surface area contributed by atoms with E-state index in [0.29, 0.717) is 0 Å². The number of phenolic OH excluding ortho intramolecular Hbond substituents is 3. The summed E-state index contributed by atoms with van der Waals surface area (Å²) < 4.78 is 20.7. The minimum Gasteiger partial charge on any atom is -0.504 e. The number of hydrogen-bond donors (Lipinski definition) is 4. The number of aromatic hydroxyl groups is 4. The first-order valence-electron chi connectivity index (χ1n) is 7.58. The third-order valence-electron chi connectivity index (χ3n) is 4.01. The molecule has 0 fully saturated rings. The first kappa shape index (κ1) is 18.1. The summed E-state index contributed by atoms with van der Waals surface area (Å²) in [6, 6.07) is 3.66. The van der Waals surface area contributed by atoms with Gasteiger partial charge in [-0.05, 0) is 12.1 Å². The molecule has 0 bridgehead atoms. The Morgan fingerprint density at radius 1 is 0.815 bits per heavy atom. The fourth-order valence-electron chi connectivity index (χ4n) is 2.71. The van der Waals surface area contributed by atoms with E-state index < -0.39 is 28.4 Å². The van der Waals surface area contributed by atoms with Crippen LogP contribution in [0.2, 0.25) is 0 Å². The average Bonchev–Trinajstić information content (AvgIpc) is 2.66. The van der Waals surface area contributed by atoms with Gasteiger partial charge < -0.3 is 39.1 Å². The zero-order valence-corrected chi connectivity index (χ0v) is 14.6. The van der Waals surface area contributed by atoms with Crippen molar-refractivity contribution in [2.75, 3.05) is 21.3 Å². The van der Waals surface area contributed by atoms with Gasteiger partial charge in [0, 0.05) is 11.6 Å². The van der Waals surface area contributed by atoms with E-state index in [1.807, 2.05) is 0 Å². The molecule has 9 heteroatoms. The molecule has 0 saturated heterocycles. The summed E-state index contributed by atoms with van der Waals surface area (Å²) in [6.07, 6.45) is 0. The van der Waals surface area contributed by atoms with Crippen LogP contribution in [0.4, 0.5) is 0 Å². The predicted octanol–water partition coefficient (Wildman–Crippen LogP) is 2.31. The van der Waals surface area contributed by atoms with E-state index in [9.17, 15) is 25.2 Å². The molecule has 2 aromatic carbocycles. The van der Waals surface area contributed by atoms with E-state index in [1.165, 1.54) is 33.5 Å². The smallest absolute Gasteiger partial charge is 0.238 e. The lowest BCUT2D eigenvalue weighted by Gasteiger charge is -2.13. The molecular weight excluding hydrogens is 360 g/mol. The van der Waals surface area contributed by atoms with Gasteiger partial charge in [0.1, 0.15) is 11.0 Å². The fourth-order valence-corrected chi connectivity index (χ4v) is 2.71. The molecular formula is C18H16O9. The summed E-state index contributed by atoms with van der Waals surface area (Å²) in [5.74, 6) is -2.78. The molecule has 3 aromatic rings. The minimum absolute atomic E-state index is 0.0629. The molecule has 27 heavy (non-hydrogen) atoms. The maximum Gasteiger partial charge on any atom is 0.238 e. The van der Waals surface area contributed by atoms with Gasteiger partial charge >= 0.3 is 0 Å². The van der Waals surface area contributed by atoms with Crippen LogP contribution in [-0.2, 0) is 0 Å². The van der Waals surface area contributed by atoms with Crippen LogP contribution in [0.25, 0.3) is 22.3 Å². The second kappa shape index (κ2) is 6.52. The highest BCUT2D eigenvalue weighted by Gasteiger charge is 2.24. The highest BCUT2D eigenvalue weighted by molar-refractivity contribution is 5.91. The monoisotopic (exact) mass is 376 g/mol. The standard InChI is InChI=1S/C18H16O9/c1-24-10-5-7(4-8(19)13(10)20)17-16(23)14(21)12-9(27-17)6-11(25-2)18(26-3)15(12)22/h4-6,19-20,22-23H,1-3H3. The quantitative estimate of drug-likeness (QED) is 0.505. The van der Waals surface area contributed by atoms with Crippen molar-refractivity contribution in [2.45, 2.75) is 0 Å². The number of ether oxygens (including phenoxy) is 3. The Kier molecular flexibility index (Phi) is 4.36. The molecule has 0 aliphatic carbocycles. The Labute approximate surface area is 152 Å². The normalized spacial score (nSPS) is 10.8. The number of hydrogen-bond acceptors (Lipinski definition) is 9. The number of benzene rings is 2. The van der Waals surface area contributed by atoms with Crippen LogP contribution in [0, 0.1) is 0 Å². The first-order chi connectivity index (χ1) is 12.8. The Hall–Kier alpha value is -3.75. The van der Waals surface area contributed by atoms with Crippen LogP contribution in [0.5, 0.6) is 40.2 Å². The Morgan fingerprint density at radius 3 is 2.07 bits per heavy atom. The number of fused-ring (bicyclic) bond motifs is 1. The third kappa shape index (κ3) is 2.69. The van der Waals surface area contributed by atoms with Crippen LogP contribution < -0.4 is 19.6 Å². The number of rotatable bonds is 4. The number of phenols is 3. The largest absolute Gasteiger partial charge is 0.504 e. The van der Waals surface area contributed by atoms with Gasteiger partial charge in [0.25, 0.3) is 0 Å². The van der Waals surface area contributed by atoms with Crippen LogP contribution in [0.1, 0.15) is 0 Å². The fraction of sp³-hybridized carbons (Fsp3) is 0.167. The average molecular weight is 376 g/mol. The summed E-state index contributed by atoms with van der Waals surface area (Å²) in [5, 5.41) is 39.9. The van der Waals surface area contributed by atoms with Gasteiger partial charge in [0.05, 0.1) is 21.3 Å². The second-order valence-electron chi connectivity index (χ2n) is 5.49. The lowest BCUT2D eigenvalue weighted by Crippen LogP contribution is -2.04. The van der Waals surface area contributed by atoms with Crippen molar-refractivity contribution in [1.29, 1.82) is 0 Å². The molecule has 0 atom stereocenters. The highest BCUT2D eigenvalue weighted by atomic mass is 16.5. The van der Waals surface area contributed by atoms with Crippen molar-refractivity contribution in [3.8, 4) is 51.6 Å². The SMILES string of the molecule is COc1cc(-c2oc3cc(OC)c(OC)c(O)c3c(=O)c2O)cc(O)c1O. The summed E-state index contributed by atoms with van der Waals surface area (Å²) in [7, 11) is 3.89. The van der Waals surface area contributed by atoms with Gasteiger partial charge in [-0.1, -0.05) is 0 Å². The van der Waals surface area contributed by atoms with Gasteiger partial charge in [-0.2, -0.15) is 0 Å². The van der Waals surface area contributed by atoms with E-state index in [2.05, 4.69) is 0 Å². The Balaban J connectivity index is 2.39. The van der Waals surface area contributed by atoms with E-state index in [-0.39, 0.29) is 39.5 Å². The summed E-state index contributed by atoms with van der Waals surface area (Å²) in [4.78, 5) is 12.6. The van der Waals surface area contributed by atoms with Crippen molar-refractivity contribution in [2.24, 2.45) is 0 Å². The number of methoxy groups -OCH3 is 3. The van der Waals surface area contributed by atoms with Crippen molar-refractivity contribution in [3.63, 3.8) is 0 Å². The molecule has 142 valence electrons. The molecule has 4 N–H and O–H groups in total. The van der Waals surface area contributed by atoms with Crippen LogP contribution in [-0.4, -0.2) is 41.8 Å². The van der Waals surface area contributed by atoms with Gasteiger partial charge in [-0.15, -0.1) is 0 Å². The van der Waals surface area contributed by atoms with Crippen molar-refractivity contribution in [3.05, 3.63) is 28.4 Å². The highest BCUT2D eigenvalue weighted by Crippen LogP contribution is 2.45. The van der Waals surface area contributed by atoms with Gasteiger partial charge in [-0.25, -0.2) is 0 Å². The zero-order chi connectivity index (χ0) is 19.9. The molecule has 1 aromatic heterocycles. The summed E-state index contributed by atoms with van der Waals surface area (Å²) in [6.45, 7) is 0. The molecule has 3 rings (SSSR count). The summed E-state index contributed by atoms with van der Waals surface area (Å²) >= 11 is 0. The maximum absolute atomic E-state index is 12.6. The molecule has 0 saturated carbocycles. The van der Waals surface area contributed by atoms with E-state index in [0.717, 1.165) is 6.07 Å². The van der Waals surface area contributed by atoms with Crippen molar-refractivity contribution < 1.29 is 39.1 Å². The molecule has 0 amide bonds. The van der Waals surface area contributed by atoms with Crippen LogP contribution >= 0.6 is 0 Å². The molecule has 0 aliphatic rings. The zero-order valence-electron chi connectivity index (χ0n) is 14.6.